The zero-order valence-corrected chi connectivity index (χ0v) is 13.0. The van der Waals surface area contributed by atoms with Gasteiger partial charge in [-0.1, -0.05) is 12.1 Å². The van der Waals surface area contributed by atoms with Crippen LogP contribution in [0.15, 0.2) is 24.3 Å². The molecular weight excluding hydrogens is 286 g/mol. The van der Waals surface area contributed by atoms with Crippen LogP contribution in [-0.2, 0) is 4.79 Å². The van der Waals surface area contributed by atoms with Gasteiger partial charge in [-0.05, 0) is 43.4 Å². The monoisotopic (exact) mass is 307 g/mol. The van der Waals surface area contributed by atoms with Gasteiger partial charge in [0.25, 0.3) is 0 Å². The van der Waals surface area contributed by atoms with Crippen molar-refractivity contribution in [2.24, 2.45) is 0 Å². The average Bonchev–Trinajstić information content (AvgIpc) is 2.53. The number of aliphatic hydroxyl groups excluding tert-OH is 1. The third-order valence-corrected chi connectivity index (χ3v) is 5.13. The van der Waals surface area contributed by atoms with E-state index in [2.05, 4.69) is 12.6 Å². The van der Waals surface area contributed by atoms with Gasteiger partial charge in [-0.3, -0.25) is 4.79 Å². The van der Waals surface area contributed by atoms with Gasteiger partial charge < -0.3 is 14.7 Å². The first-order chi connectivity index (χ1) is 10.1. The Morgan fingerprint density at radius 3 is 2.38 bits per heavy atom. The number of benzene rings is 1. The predicted molar refractivity (Wildman–Crippen MR) is 83.6 cm³/mol. The minimum atomic E-state index is -0.259. The number of β-lactam (4-membered cyclic amide) rings is 1. The van der Waals surface area contributed by atoms with E-state index in [-0.39, 0.29) is 29.3 Å². The van der Waals surface area contributed by atoms with Gasteiger partial charge in [0.1, 0.15) is 11.0 Å². The Morgan fingerprint density at radius 2 is 1.81 bits per heavy atom. The molecule has 1 heterocycles. The van der Waals surface area contributed by atoms with Crippen molar-refractivity contribution in [1.82, 2.24) is 4.90 Å². The van der Waals surface area contributed by atoms with Crippen LogP contribution in [0.1, 0.15) is 37.3 Å². The van der Waals surface area contributed by atoms with E-state index in [4.69, 9.17) is 4.74 Å². The standard InChI is InChI=1S/C16H21NO3S/c1-20-13-8-2-10(3-9-13)14-15(21)16(19)17(14)11-4-6-12(18)7-5-11/h2-3,8-9,11-12,14-15,18,21H,4-7H2,1H3/t11?,12?,14-,15-/m1/s1. The van der Waals surface area contributed by atoms with E-state index in [0.29, 0.717) is 0 Å². The highest BCUT2D eigenvalue weighted by Gasteiger charge is 2.49. The summed E-state index contributed by atoms with van der Waals surface area (Å²) in [4.78, 5) is 14.2. The number of carbonyl (C=O) groups excluding carboxylic acids is 1. The number of aliphatic hydroxyl groups is 1. The van der Waals surface area contributed by atoms with E-state index in [0.717, 1.165) is 37.0 Å². The molecular formula is C16H21NO3S. The first-order valence-electron chi connectivity index (χ1n) is 7.44. The Bertz CT molecular complexity index is 511. The van der Waals surface area contributed by atoms with Gasteiger partial charge in [-0.25, -0.2) is 0 Å². The van der Waals surface area contributed by atoms with Gasteiger partial charge >= 0.3 is 0 Å². The Balaban J connectivity index is 1.77. The van der Waals surface area contributed by atoms with Gasteiger partial charge in [0.05, 0.1) is 19.3 Å². The Morgan fingerprint density at radius 1 is 1.19 bits per heavy atom. The zero-order chi connectivity index (χ0) is 15.0. The summed E-state index contributed by atoms with van der Waals surface area (Å²) in [7, 11) is 1.64. The Hall–Kier alpha value is -1.20. The lowest BCUT2D eigenvalue weighted by Crippen LogP contribution is -2.60. The lowest BCUT2D eigenvalue weighted by Gasteiger charge is -2.51. The third-order valence-electron chi connectivity index (χ3n) is 4.62. The highest BCUT2D eigenvalue weighted by molar-refractivity contribution is 7.82. The summed E-state index contributed by atoms with van der Waals surface area (Å²) in [5, 5.41) is 9.37. The molecule has 1 saturated carbocycles. The SMILES string of the molecule is COc1ccc([C@@H]2[C@@H](S)C(=O)N2C2CCC(O)CC2)cc1. The minimum Gasteiger partial charge on any atom is -0.497 e. The fourth-order valence-corrected chi connectivity index (χ4v) is 3.83. The Labute approximate surface area is 130 Å². The molecule has 21 heavy (non-hydrogen) atoms. The van der Waals surface area contributed by atoms with Crippen molar-refractivity contribution in [2.45, 2.75) is 49.1 Å². The molecule has 0 unspecified atom stereocenters. The molecule has 2 fully saturated rings. The van der Waals surface area contributed by atoms with Gasteiger partial charge in [-0.15, -0.1) is 0 Å². The van der Waals surface area contributed by atoms with E-state index in [1.54, 1.807) is 7.11 Å². The molecule has 0 aromatic heterocycles. The second-order valence-electron chi connectivity index (χ2n) is 5.87. The first kappa shape index (κ1) is 14.7. The molecule has 0 spiro atoms. The van der Waals surface area contributed by atoms with Crippen molar-refractivity contribution in [3.05, 3.63) is 29.8 Å². The van der Waals surface area contributed by atoms with Crippen molar-refractivity contribution < 1.29 is 14.6 Å². The van der Waals surface area contributed by atoms with Crippen molar-refractivity contribution in [3.63, 3.8) is 0 Å². The quantitative estimate of drug-likeness (QED) is 0.665. The molecule has 0 bridgehead atoms. The van der Waals surface area contributed by atoms with Gasteiger partial charge in [0.2, 0.25) is 5.91 Å². The predicted octanol–water partition coefficient (Wildman–Crippen LogP) is 2.18. The maximum absolute atomic E-state index is 12.2. The zero-order valence-electron chi connectivity index (χ0n) is 12.1. The number of amides is 1. The van der Waals surface area contributed by atoms with E-state index in [9.17, 15) is 9.90 Å². The van der Waals surface area contributed by atoms with E-state index >= 15 is 0 Å². The molecule has 5 heteroatoms. The van der Waals surface area contributed by atoms with Crippen LogP contribution in [-0.4, -0.2) is 40.4 Å². The summed E-state index contributed by atoms with van der Waals surface area (Å²) in [5.74, 6) is 0.924. The number of hydrogen-bond acceptors (Lipinski definition) is 4. The minimum absolute atomic E-state index is 0.0342. The van der Waals surface area contributed by atoms with Crippen LogP contribution in [0.3, 0.4) is 0 Å². The topological polar surface area (TPSA) is 49.8 Å². The number of ether oxygens (including phenoxy) is 1. The van der Waals surface area contributed by atoms with Crippen LogP contribution >= 0.6 is 12.6 Å². The van der Waals surface area contributed by atoms with Crippen molar-refractivity contribution in [1.29, 1.82) is 0 Å². The molecule has 2 atom stereocenters. The second-order valence-corrected chi connectivity index (χ2v) is 6.43. The molecule has 1 saturated heterocycles. The number of rotatable bonds is 3. The van der Waals surface area contributed by atoms with Gasteiger partial charge in [0.15, 0.2) is 0 Å². The number of hydrogen-bond donors (Lipinski definition) is 2. The van der Waals surface area contributed by atoms with Crippen molar-refractivity contribution >= 4 is 18.5 Å². The summed E-state index contributed by atoms with van der Waals surface area (Å²) in [6, 6.07) is 8.11. The lowest BCUT2D eigenvalue weighted by molar-refractivity contribution is -0.150. The molecule has 1 aromatic rings. The molecule has 4 nitrogen and oxygen atoms in total. The normalized spacial score (nSPS) is 32.7. The second kappa shape index (κ2) is 5.89. The van der Waals surface area contributed by atoms with E-state index < -0.39 is 0 Å². The smallest absolute Gasteiger partial charge is 0.238 e. The summed E-state index contributed by atoms with van der Waals surface area (Å²) >= 11 is 4.46. The summed E-state index contributed by atoms with van der Waals surface area (Å²) < 4.78 is 5.18. The lowest BCUT2D eigenvalue weighted by atomic mass is 9.85. The molecule has 1 amide bonds. The number of methoxy groups -OCH3 is 1. The highest BCUT2D eigenvalue weighted by atomic mass is 32.1. The largest absolute Gasteiger partial charge is 0.497 e. The fraction of sp³-hybridized carbons (Fsp3) is 0.562. The van der Waals surface area contributed by atoms with Crippen LogP contribution in [0.2, 0.25) is 0 Å². The molecule has 0 radical (unpaired) electrons. The molecule has 1 N–H and O–H groups in total. The highest BCUT2D eigenvalue weighted by Crippen LogP contribution is 2.43. The van der Waals surface area contributed by atoms with Crippen LogP contribution in [0.4, 0.5) is 0 Å². The average molecular weight is 307 g/mol. The van der Waals surface area contributed by atoms with E-state index in [1.807, 2.05) is 29.2 Å². The summed E-state index contributed by atoms with van der Waals surface area (Å²) in [6.07, 6.45) is 3.10. The maximum atomic E-state index is 12.2. The van der Waals surface area contributed by atoms with Crippen LogP contribution in [0, 0.1) is 0 Å². The molecule has 1 aromatic carbocycles. The number of carbonyl (C=O) groups is 1. The first-order valence-corrected chi connectivity index (χ1v) is 7.95. The molecule has 2 aliphatic rings. The van der Waals surface area contributed by atoms with Gasteiger partial charge in [0, 0.05) is 6.04 Å². The molecule has 3 rings (SSSR count). The number of thiol groups is 1. The molecule has 114 valence electrons. The van der Waals surface area contributed by atoms with Crippen LogP contribution < -0.4 is 4.74 Å². The summed E-state index contributed by atoms with van der Waals surface area (Å²) in [6.45, 7) is 0. The molecule has 1 aliphatic heterocycles. The van der Waals surface area contributed by atoms with Crippen LogP contribution in [0.5, 0.6) is 5.75 Å². The maximum Gasteiger partial charge on any atom is 0.238 e. The Kier molecular flexibility index (Phi) is 4.13. The molecule has 1 aliphatic carbocycles. The van der Waals surface area contributed by atoms with Crippen molar-refractivity contribution in [3.8, 4) is 5.75 Å². The summed E-state index contributed by atoms with van der Waals surface area (Å²) in [5.41, 5.74) is 1.10. The van der Waals surface area contributed by atoms with E-state index in [1.165, 1.54) is 0 Å². The number of likely N-dealkylation sites (tertiary alicyclic amines) is 1. The third kappa shape index (κ3) is 2.64. The van der Waals surface area contributed by atoms with Gasteiger partial charge in [-0.2, -0.15) is 12.6 Å². The number of nitrogens with zero attached hydrogens (tertiary/aromatic N) is 1. The van der Waals surface area contributed by atoms with Crippen LogP contribution in [0.25, 0.3) is 0 Å². The van der Waals surface area contributed by atoms with Crippen molar-refractivity contribution in [2.75, 3.05) is 7.11 Å². The fourth-order valence-electron chi connectivity index (χ4n) is 3.38.